The molecule has 2 rings (SSSR count). The number of hydrogen-bond donors (Lipinski definition) is 1. The Morgan fingerprint density at radius 1 is 1.25 bits per heavy atom. The van der Waals surface area contributed by atoms with Gasteiger partial charge in [-0.05, 0) is 42.9 Å². The largest absolute Gasteiger partial charge is 0.310 e. The van der Waals surface area contributed by atoms with E-state index >= 15 is 0 Å². The highest BCUT2D eigenvalue weighted by atomic mass is 14.9. The van der Waals surface area contributed by atoms with Gasteiger partial charge in [0.15, 0.2) is 0 Å². The first-order valence-electron chi connectivity index (χ1n) is 6.68. The summed E-state index contributed by atoms with van der Waals surface area (Å²) in [4.78, 5) is 0. The molecule has 88 valence electrons. The van der Waals surface area contributed by atoms with Crippen molar-refractivity contribution in [3.05, 3.63) is 35.4 Å². The Labute approximate surface area is 99.3 Å². The molecular formula is C15H23N. The molecule has 2 unspecified atom stereocenters. The molecule has 1 nitrogen and oxygen atoms in total. The van der Waals surface area contributed by atoms with E-state index in [1.54, 1.807) is 11.1 Å². The number of aryl methyl sites for hydroxylation is 1. The summed E-state index contributed by atoms with van der Waals surface area (Å²) in [5, 5.41) is 3.68. The van der Waals surface area contributed by atoms with Crippen molar-refractivity contribution in [2.24, 2.45) is 5.92 Å². The molecule has 2 atom stereocenters. The van der Waals surface area contributed by atoms with Crippen molar-refractivity contribution in [2.45, 2.75) is 45.6 Å². The second kappa shape index (κ2) is 5.49. The second-order valence-electron chi connectivity index (χ2n) is 4.79. The minimum atomic E-state index is 0.578. The fraction of sp³-hybridized carbons (Fsp3) is 0.600. The molecule has 1 aromatic carbocycles. The van der Waals surface area contributed by atoms with Crippen molar-refractivity contribution < 1.29 is 0 Å². The normalized spacial score (nSPS) is 24.9. The Kier molecular flexibility index (Phi) is 4.00. The summed E-state index contributed by atoms with van der Waals surface area (Å²) in [7, 11) is 0. The van der Waals surface area contributed by atoms with Crippen LogP contribution in [-0.4, -0.2) is 6.54 Å². The SMILES string of the molecule is CCNC1c2ccccc2CCCC1CC. The van der Waals surface area contributed by atoms with Crippen LogP contribution < -0.4 is 5.32 Å². The Bertz CT molecular complexity index is 332. The van der Waals surface area contributed by atoms with Crippen molar-refractivity contribution in [3.63, 3.8) is 0 Å². The molecule has 16 heavy (non-hydrogen) atoms. The quantitative estimate of drug-likeness (QED) is 0.761. The minimum Gasteiger partial charge on any atom is -0.310 e. The van der Waals surface area contributed by atoms with Gasteiger partial charge >= 0.3 is 0 Å². The summed E-state index contributed by atoms with van der Waals surface area (Å²) < 4.78 is 0. The van der Waals surface area contributed by atoms with Gasteiger partial charge in [0, 0.05) is 6.04 Å². The summed E-state index contributed by atoms with van der Waals surface area (Å²) in [5.41, 5.74) is 3.11. The van der Waals surface area contributed by atoms with E-state index in [0.29, 0.717) is 6.04 Å². The number of fused-ring (bicyclic) bond motifs is 1. The van der Waals surface area contributed by atoms with Crippen molar-refractivity contribution in [3.8, 4) is 0 Å². The zero-order chi connectivity index (χ0) is 11.4. The van der Waals surface area contributed by atoms with Crippen molar-refractivity contribution >= 4 is 0 Å². The number of hydrogen-bond acceptors (Lipinski definition) is 1. The van der Waals surface area contributed by atoms with Gasteiger partial charge in [-0.25, -0.2) is 0 Å². The smallest absolute Gasteiger partial charge is 0.0351 e. The highest BCUT2D eigenvalue weighted by Crippen LogP contribution is 2.34. The van der Waals surface area contributed by atoms with Gasteiger partial charge in [-0.1, -0.05) is 44.5 Å². The lowest BCUT2D eigenvalue weighted by atomic mass is 9.89. The van der Waals surface area contributed by atoms with E-state index in [9.17, 15) is 0 Å². The van der Waals surface area contributed by atoms with Gasteiger partial charge < -0.3 is 5.32 Å². The molecule has 1 aliphatic carbocycles. The van der Waals surface area contributed by atoms with Crippen LogP contribution in [0.25, 0.3) is 0 Å². The molecule has 1 heteroatoms. The molecule has 1 N–H and O–H groups in total. The topological polar surface area (TPSA) is 12.0 Å². The highest BCUT2D eigenvalue weighted by Gasteiger charge is 2.25. The number of rotatable bonds is 3. The Morgan fingerprint density at radius 2 is 2.06 bits per heavy atom. The summed E-state index contributed by atoms with van der Waals surface area (Å²) in [5.74, 6) is 0.809. The van der Waals surface area contributed by atoms with E-state index in [0.717, 1.165) is 12.5 Å². The lowest BCUT2D eigenvalue weighted by Crippen LogP contribution is -2.27. The van der Waals surface area contributed by atoms with Crippen LogP contribution in [0.5, 0.6) is 0 Å². The maximum atomic E-state index is 3.68. The summed E-state index contributed by atoms with van der Waals surface area (Å²) in [6.07, 6.45) is 5.25. The summed E-state index contributed by atoms with van der Waals surface area (Å²) in [6, 6.07) is 9.55. The zero-order valence-corrected chi connectivity index (χ0v) is 10.5. The minimum absolute atomic E-state index is 0.578. The fourth-order valence-electron chi connectivity index (χ4n) is 2.98. The van der Waals surface area contributed by atoms with Crippen molar-refractivity contribution in [1.29, 1.82) is 0 Å². The summed E-state index contributed by atoms with van der Waals surface area (Å²) >= 11 is 0. The van der Waals surface area contributed by atoms with E-state index in [4.69, 9.17) is 0 Å². The monoisotopic (exact) mass is 217 g/mol. The zero-order valence-electron chi connectivity index (χ0n) is 10.5. The molecule has 0 saturated heterocycles. The van der Waals surface area contributed by atoms with Crippen LogP contribution in [0.15, 0.2) is 24.3 Å². The third-order valence-electron chi connectivity index (χ3n) is 3.83. The maximum Gasteiger partial charge on any atom is 0.0351 e. The van der Waals surface area contributed by atoms with Gasteiger partial charge in [0.2, 0.25) is 0 Å². The molecule has 0 aromatic heterocycles. The van der Waals surface area contributed by atoms with Crippen LogP contribution in [-0.2, 0) is 6.42 Å². The molecule has 0 bridgehead atoms. The van der Waals surface area contributed by atoms with Gasteiger partial charge in [-0.15, -0.1) is 0 Å². The van der Waals surface area contributed by atoms with Crippen LogP contribution in [0.1, 0.15) is 50.3 Å². The van der Waals surface area contributed by atoms with Crippen LogP contribution in [0.2, 0.25) is 0 Å². The lowest BCUT2D eigenvalue weighted by molar-refractivity contribution is 0.339. The van der Waals surface area contributed by atoms with Crippen molar-refractivity contribution in [2.75, 3.05) is 6.54 Å². The van der Waals surface area contributed by atoms with E-state index in [1.165, 1.54) is 25.7 Å². The molecule has 0 amide bonds. The van der Waals surface area contributed by atoms with Gasteiger partial charge in [-0.2, -0.15) is 0 Å². The van der Waals surface area contributed by atoms with Crippen molar-refractivity contribution in [1.82, 2.24) is 5.32 Å². The molecular weight excluding hydrogens is 194 g/mol. The first-order chi connectivity index (χ1) is 7.86. The fourth-order valence-corrected chi connectivity index (χ4v) is 2.98. The van der Waals surface area contributed by atoms with E-state index in [1.807, 2.05) is 0 Å². The third kappa shape index (κ3) is 2.30. The second-order valence-corrected chi connectivity index (χ2v) is 4.79. The average molecular weight is 217 g/mol. The standard InChI is InChI=1S/C15H23N/c1-3-12-9-7-10-13-8-5-6-11-14(13)15(12)16-4-2/h5-6,8,11-12,15-16H,3-4,7,9-10H2,1-2H3. The number of nitrogens with one attached hydrogen (secondary N) is 1. The lowest BCUT2D eigenvalue weighted by Gasteiger charge is -2.26. The third-order valence-corrected chi connectivity index (χ3v) is 3.83. The number of benzene rings is 1. The summed E-state index contributed by atoms with van der Waals surface area (Å²) in [6.45, 7) is 5.60. The molecule has 0 radical (unpaired) electrons. The molecule has 1 aliphatic rings. The average Bonchev–Trinajstić information content (AvgIpc) is 2.50. The molecule has 1 aromatic rings. The Hall–Kier alpha value is -0.820. The predicted molar refractivity (Wildman–Crippen MR) is 69.6 cm³/mol. The Balaban J connectivity index is 2.33. The maximum absolute atomic E-state index is 3.68. The van der Waals surface area contributed by atoms with Gasteiger partial charge in [0.05, 0.1) is 0 Å². The van der Waals surface area contributed by atoms with Crippen LogP contribution in [0.4, 0.5) is 0 Å². The molecule has 0 heterocycles. The van der Waals surface area contributed by atoms with Gasteiger partial charge in [-0.3, -0.25) is 0 Å². The van der Waals surface area contributed by atoms with Gasteiger partial charge in [0.1, 0.15) is 0 Å². The molecule has 0 fully saturated rings. The van der Waals surface area contributed by atoms with Crippen LogP contribution in [0.3, 0.4) is 0 Å². The van der Waals surface area contributed by atoms with Gasteiger partial charge in [0.25, 0.3) is 0 Å². The van der Waals surface area contributed by atoms with E-state index in [-0.39, 0.29) is 0 Å². The first-order valence-corrected chi connectivity index (χ1v) is 6.68. The van der Waals surface area contributed by atoms with E-state index in [2.05, 4.69) is 43.4 Å². The Morgan fingerprint density at radius 3 is 2.81 bits per heavy atom. The highest BCUT2D eigenvalue weighted by molar-refractivity contribution is 5.31. The van der Waals surface area contributed by atoms with Crippen LogP contribution in [0, 0.1) is 5.92 Å². The predicted octanol–water partition coefficient (Wildman–Crippen LogP) is 3.70. The molecule has 0 spiro atoms. The van der Waals surface area contributed by atoms with E-state index < -0.39 is 0 Å². The molecule has 0 saturated carbocycles. The first kappa shape index (κ1) is 11.7. The molecule has 0 aliphatic heterocycles. The van der Waals surface area contributed by atoms with Crippen LogP contribution >= 0.6 is 0 Å².